The number of ether oxygens (including phenoxy) is 2. The Balaban J connectivity index is 2.62. The highest BCUT2D eigenvalue weighted by Gasteiger charge is 2.08. The second-order valence-electron chi connectivity index (χ2n) is 3.11. The molecule has 0 amide bonds. The first kappa shape index (κ1) is 13.2. The van der Waals surface area contributed by atoms with Crippen LogP contribution in [0, 0.1) is 0 Å². The minimum absolute atomic E-state index is 0.472. The maximum absolute atomic E-state index is 5.43. The van der Waals surface area contributed by atoms with Crippen LogP contribution in [0.25, 0.3) is 0 Å². The molecule has 0 atom stereocenters. The average molecular weight is 290 g/mol. The molecular weight excluding hydrogens is 274 g/mol. The van der Waals surface area contributed by atoms with Crippen LogP contribution in [0.3, 0.4) is 0 Å². The second-order valence-corrected chi connectivity index (χ2v) is 3.90. The third kappa shape index (κ3) is 3.94. The van der Waals surface area contributed by atoms with Crippen molar-refractivity contribution in [1.29, 1.82) is 0 Å². The van der Waals surface area contributed by atoms with E-state index in [2.05, 4.69) is 38.1 Å². The summed E-state index contributed by atoms with van der Waals surface area (Å²) in [7, 11) is 1.63. The van der Waals surface area contributed by atoms with Crippen LogP contribution in [0.2, 0.25) is 0 Å². The summed E-state index contributed by atoms with van der Waals surface area (Å²) in [5.41, 5.74) is 0. The normalized spacial score (nSPS) is 10.2. The Labute approximate surface area is 104 Å². The Kier molecular flexibility index (Phi) is 6.10. The van der Waals surface area contributed by atoms with Crippen molar-refractivity contribution in [2.45, 2.75) is 13.3 Å². The van der Waals surface area contributed by atoms with Gasteiger partial charge >= 0.3 is 0 Å². The highest BCUT2D eigenvalue weighted by atomic mass is 79.9. The van der Waals surface area contributed by atoms with Gasteiger partial charge in [-0.3, -0.25) is 0 Å². The molecule has 1 aromatic rings. The van der Waals surface area contributed by atoms with Crippen molar-refractivity contribution < 1.29 is 9.47 Å². The van der Waals surface area contributed by atoms with E-state index in [1.54, 1.807) is 7.11 Å². The van der Waals surface area contributed by atoms with E-state index in [4.69, 9.17) is 9.47 Å². The Morgan fingerprint density at radius 1 is 1.38 bits per heavy atom. The van der Waals surface area contributed by atoms with Crippen LogP contribution in [0.4, 0.5) is 5.82 Å². The number of nitrogens with one attached hydrogen (secondary N) is 1. The molecule has 5 nitrogen and oxygen atoms in total. The fourth-order valence-corrected chi connectivity index (χ4v) is 1.50. The number of rotatable bonds is 7. The van der Waals surface area contributed by atoms with Crippen LogP contribution in [0.15, 0.2) is 10.8 Å². The minimum Gasteiger partial charge on any atom is -0.474 e. The molecule has 0 spiro atoms. The smallest absolute Gasteiger partial charge is 0.233 e. The molecule has 16 heavy (non-hydrogen) atoms. The predicted octanol–water partition coefficient (Wildman–Crippen LogP) is 2.09. The van der Waals surface area contributed by atoms with Crippen molar-refractivity contribution in [3.05, 3.63) is 10.8 Å². The largest absolute Gasteiger partial charge is 0.474 e. The van der Waals surface area contributed by atoms with Crippen LogP contribution in [-0.4, -0.2) is 36.8 Å². The lowest BCUT2D eigenvalue weighted by Crippen LogP contribution is -2.08. The number of methoxy groups -OCH3 is 1. The molecule has 1 heterocycles. The van der Waals surface area contributed by atoms with Gasteiger partial charge in [-0.25, -0.2) is 9.97 Å². The van der Waals surface area contributed by atoms with Crippen LogP contribution >= 0.6 is 15.9 Å². The first-order valence-corrected chi connectivity index (χ1v) is 5.95. The summed E-state index contributed by atoms with van der Waals surface area (Å²) in [6.45, 7) is 3.97. The molecule has 6 heteroatoms. The molecule has 0 aliphatic carbocycles. The van der Waals surface area contributed by atoms with Gasteiger partial charge in [-0.1, -0.05) is 6.92 Å². The van der Waals surface area contributed by atoms with Gasteiger partial charge in [-0.2, -0.15) is 0 Å². The van der Waals surface area contributed by atoms with Gasteiger partial charge in [-0.15, -0.1) is 0 Å². The molecule has 0 radical (unpaired) electrons. The van der Waals surface area contributed by atoms with Gasteiger partial charge in [0.05, 0.1) is 6.61 Å². The Hall–Kier alpha value is -0.880. The Morgan fingerprint density at radius 2 is 2.19 bits per heavy atom. The van der Waals surface area contributed by atoms with Crippen molar-refractivity contribution >= 4 is 21.7 Å². The van der Waals surface area contributed by atoms with E-state index < -0.39 is 0 Å². The lowest BCUT2D eigenvalue weighted by atomic mass is 10.4. The lowest BCUT2D eigenvalue weighted by molar-refractivity contribution is 0.143. The SMILES string of the molecule is CCCNc1ncnc(OCCOC)c1Br. The summed E-state index contributed by atoms with van der Waals surface area (Å²) in [6.07, 6.45) is 2.52. The van der Waals surface area contributed by atoms with Crippen LogP contribution in [-0.2, 0) is 4.74 Å². The van der Waals surface area contributed by atoms with Crippen molar-refractivity contribution in [2.24, 2.45) is 0 Å². The van der Waals surface area contributed by atoms with E-state index in [1.165, 1.54) is 6.33 Å². The van der Waals surface area contributed by atoms with Gasteiger partial charge in [0.25, 0.3) is 0 Å². The second kappa shape index (κ2) is 7.40. The molecule has 0 bridgehead atoms. The van der Waals surface area contributed by atoms with Gasteiger partial charge in [0, 0.05) is 13.7 Å². The first-order chi connectivity index (χ1) is 7.79. The van der Waals surface area contributed by atoms with E-state index in [0.717, 1.165) is 23.3 Å². The van der Waals surface area contributed by atoms with Gasteiger partial charge < -0.3 is 14.8 Å². The standard InChI is InChI=1S/C10H16BrN3O2/c1-3-4-12-9-8(11)10(14-7-13-9)16-6-5-15-2/h7H,3-6H2,1-2H3,(H,12,13,14). The first-order valence-electron chi connectivity index (χ1n) is 5.15. The summed E-state index contributed by atoms with van der Waals surface area (Å²) >= 11 is 3.41. The van der Waals surface area contributed by atoms with Crippen LogP contribution in [0.1, 0.15) is 13.3 Å². The molecular formula is C10H16BrN3O2. The summed E-state index contributed by atoms with van der Waals surface area (Å²) in [6, 6.07) is 0. The fourth-order valence-electron chi connectivity index (χ4n) is 1.04. The number of anilines is 1. The molecule has 90 valence electrons. The minimum atomic E-state index is 0.472. The van der Waals surface area contributed by atoms with E-state index in [9.17, 15) is 0 Å². The van der Waals surface area contributed by atoms with Crippen LogP contribution in [0.5, 0.6) is 5.88 Å². The van der Waals surface area contributed by atoms with Crippen molar-refractivity contribution in [3.63, 3.8) is 0 Å². The monoisotopic (exact) mass is 289 g/mol. The highest BCUT2D eigenvalue weighted by molar-refractivity contribution is 9.10. The van der Waals surface area contributed by atoms with Crippen molar-refractivity contribution in [2.75, 3.05) is 32.2 Å². The summed E-state index contributed by atoms with van der Waals surface area (Å²) in [5.74, 6) is 1.29. The maximum Gasteiger partial charge on any atom is 0.233 e. The molecule has 0 saturated carbocycles. The third-order valence-corrected chi connectivity index (χ3v) is 2.54. The molecule has 0 aliphatic rings. The van der Waals surface area contributed by atoms with Crippen LogP contribution < -0.4 is 10.1 Å². The zero-order chi connectivity index (χ0) is 11.8. The van der Waals surface area contributed by atoms with Gasteiger partial charge in [0.2, 0.25) is 5.88 Å². The number of nitrogens with zero attached hydrogens (tertiary/aromatic N) is 2. The van der Waals surface area contributed by atoms with Gasteiger partial charge in [-0.05, 0) is 22.4 Å². The van der Waals surface area contributed by atoms with E-state index in [0.29, 0.717) is 19.1 Å². The Bertz CT molecular complexity index is 323. The average Bonchev–Trinajstić information content (AvgIpc) is 2.30. The molecule has 1 rings (SSSR count). The summed E-state index contributed by atoms with van der Waals surface area (Å²) in [4.78, 5) is 8.17. The highest BCUT2D eigenvalue weighted by Crippen LogP contribution is 2.28. The third-order valence-electron chi connectivity index (χ3n) is 1.83. The molecule has 0 saturated heterocycles. The molecule has 1 aromatic heterocycles. The quantitative estimate of drug-likeness (QED) is 0.779. The Morgan fingerprint density at radius 3 is 2.88 bits per heavy atom. The molecule has 0 aromatic carbocycles. The molecule has 1 N–H and O–H groups in total. The zero-order valence-electron chi connectivity index (χ0n) is 9.49. The van der Waals surface area contributed by atoms with Gasteiger partial charge in [0.15, 0.2) is 0 Å². The van der Waals surface area contributed by atoms with E-state index in [-0.39, 0.29) is 0 Å². The molecule has 0 unspecified atom stereocenters. The van der Waals surface area contributed by atoms with E-state index in [1.807, 2.05) is 0 Å². The number of hydrogen-bond donors (Lipinski definition) is 1. The maximum atomic E-state index is 5.43. The topological polar surface area (TPSA) is 56.3 Å². The number of hydrogen-bond acceptors (Lipinski definition) is 5. The van der Waals surface area contributed by atoms with Gasteiger partial charge in [0.1, 0.15) is 23.2 Å². The lowest BCUT2D eigenvalue weighted by Gasteiger charge is -2.10. The molecule has 0 fully saturated rings. The van der Waals surface area contributed by atoms with Crippen molar-refractivity contribution in [3.8, 4) is 5.88 Å². The molecule has 0 aliphatic heterocycles. The number of halogens is 1. The summed E-state index contributed by atoms with van der Waals surface area (Å²) in [5, 5.41) is 3.18. The zero-order valence-corrected chi connectivity index (χ0v) is 11.1. The summed E-state index contributed by atoms with van der Waals surface area (Å²) < 4.78 is 11.1. The number of aromatic nitrogens is 2. The van der Waals surface area contributed by atoms with E-state index >= 15 is 0 Å². The fraction of sp³-hybridized carbons (Fsp3) is 0.600. The van der Waals surface area contributed by atoms with Crippen molar-refractivity contribution in [1.82, 2.24) is 9.97 Å². The predicted molar refractivity (Wildman–Crippen MR) is 65.9 cm³/mol.